The lowest BCUT2D eigenvalue weighted by Gasteiger charge is -2.10. The SMILES string of the molecule is O=C(Cn1ncc2cccn2c1=O)OC[C@H]1CCCO1. The van der Waals surface area contributed by atoms with Crippen LogP contribution in [0.2, 0.25) is 0 Å². The number of hydrogen-bond donors (Lipinski definition) is 0. The van der Waals surface area contributed by atoms with Crippen molar-refractivity contribution in [3.8, 4) is 0 Å². The van der Waals surface area contributed by atoms with Crippen LogP contribution in [0.3, 0.4) is 0 Å². The lowest BCUT2D eigenvalue weighted by atomic mass is 10.2. The Balaban J connectivity index is 1.64. The third kappa shape index (κ3) is 2.57. The second-order valence-electron chi connectivity index (χ2n) is 4.71. The van der Waals surface area contributed by atoms with Gasteiger partial charge in [0.15, 0.2) is 0 Å². The van der Waals surface area contributed by atoms with Crippen LogP contribution < -0.4 is 5.69 Å². The summed E-state index contributed by atoms with van der Waals surface area (Å²) in [6.45, 7) is 0.756. The van der Waals surface area contributed by atoms with Gasteiger partial charge < -0.3 is 9.47 Å². The first-order chi connectivity index (χ1) is 9.74. The van der Waals surface area contributed by atoms with Crippen molar-refractivity contribution in [1.82, 2.24) is 14.2 Å². The van der Waals surface area contributed by atoms with Gasteiger partial charge >= 0.3 is 11.7 Å². The number of carbonyl (C=O) groups excluding carboxylic acids is 1. The normalized spacial score (nSPS) is 18.5. The predicted octanol–water partition coefficient (Wildman–Crippen LogP) is 0.218. The summed E-state index contributed by atoms with van der Waals surface area (Å²) in [5.41, 5.74) is 0.334. The third-order valence-electron chi connectivity index (χ3n) is 3.27. The fourth-order valence-corrected chi connectivity index (χ4v) is 2.21. The minimum Gasteiger partial charge on any atom is -0.462 e. The van der Waals surface area contributed by atoms with Gasteiger partial charge in [0, 0.05) is 12.8 Å². The van der Waals surface area contributed by atoms with Crippen LogP contribution >= 0.6 is 0 Å². The molecule has 20 heavy (non-hydrogen) atoms. The zero-order valence-electron chi connectivity index (χ0n) is 10.9. The summed E-state index contributed by atoms with van der Waals surface area (Å²) in [4.78, 5) is 23.7. The molecule has 3 rings (SSSR count). The maximum absolute atomic E-state index is 12.0. The molecule has 1 atom stereocenters. The van der Waals surface area contributed by atoms with Gasteiger partial charge in [-0.3, -0.25) is 9.20 Å². The molecule has 2 aromatic heterocycles. The summed E-state index contributed by atoms with van der Waals surface area (Å²) in [7, 11) is 0. The average Bonchev–Trinajstić information content (AvgIpc) is 3.10. The summed E-state index contributed by atoms with van der Waals surface area (Å²) in [5, 5.41) is 3.95. The van der Waals surface area contributed by atoms with Gasteiger partial charge in [-0.05, 0) is 25.0 Å². The standard InChI is InChI=1S/C13H15N3O4/c17-12(20-9-11-4-2-6-19-11)8-16-13(18)15-5-1-3-10(15)7-14-16/h1,3,5,7,11H,2,4,6,8-9H2/t11-/m1/s1. The van der Waals surface area contributed by atoms with Crippen LogP contribution in [-0.2, 0) is 20.8 Å². The molecule has 1 aliphatic rings. The molecule has 2 aromatic rings. The molecule has 1 fully saturated rings. The van der Waals surface area contributed by atoms with E-state index in [2.05, 4.69) is 5.10 Å². The van der Waals surface area contributed by atoms with Crippen molar-refractivity contribution < 1.29 is 14.3 Å². The number of hydrogen-bond acceptors (Lipinski definition) is 5. The van der Waals surface area contributed by atoms with Crippen molar-refractivity contribution in [2.45, 2.75) is 25.5 Å². The Kier molecular flexibility index (Phi) is 3.51. The number of rotatable bonds is 4. The highest BCUT2D eigenvalue weighted by molar-refractivity contribution is 5.69. The van der Waals surface area contributed by atoms with Crippen LogP contribution in [-0.4, -0.2) is 39.5 Å². The molecule has 0 N–H and O–H groups in total. The summed E-state index contributed by atoms with van der Waals surface area (Å²) in [6, 6.07) is 3.52. The quantitative estimate of drug-likeness (QED) is 0.747. The number of ether oxygens (including phenoxy) is 2. The van der Waals surface area contributed by atoms with Crippen LogP contribution in [0.1, 0.15) is 12.8 Å². The average molecular weight is 277 g/mol. The van der Waals surface area contributed by atoms with Gasteiger partial charge in [-0.25, -0.2) is 9.48 Å². The Bertz CT molecular complexity index is 670. The minimum absolute atomic E-state index is 0.0180. The highest BCUT2D eigenvalue weighted by Gasteiger charge is 2.18. The number of carbonyl (C=O) groups is 1. The Morgan fingerprint density at radius 2 is 2.45 bits per heavy atom. The van der Waals surface area contributed by atoms with E-state index < -0.39 is 5.97 Å². The summed E-state index contributed by atoms with van der Waals surface area (Å²) >= 11 is 0. The second-order valence-corrected chi connectivity index (χ2v) is 4.71. The topological polar surface area (TPSA) is 74.8 Å². The van der Waals surface area contributed by atoms with Gasteiger partial charge in [0.2, 0.25) is 0 Å². The second kappa shape index (κ2) is 5.46. The predicted molar refractivity (Wildman–Crippen MR) is 69.4 cm³/mol. The van der Waals surface area contributed by atoms with Crippen LogP contribution in [0.4, 0.5) is 0 Å². The Morgan fingerprint density at radius 3 is 3.25 bits per heavy atom. The van der Waals surface area contributed by atoms with Gasteiger partial charge in [-0.1, -0.05) is 0 Å². The Morgan fingerprint density at radius 1 is 1.55 bits per heavy atom. The molecule has 1 aliphatic heterocycles. The third-order valence-corrected chi connectivity index (χ3v) is 3.27. The highest BCUT2D eigenvalue weighted by Crippen LogP contribution is 2.11. The maximum atomic E-state index is 12.0. The van der Waals surface area contributed by atoms with E-state index in [-0.39, 0.29) is 24.9 Å². The first-order valence-corrected chi connectivity index (χ1v) is 6.54. The molecule has 0 aromatic carbocycles. The molecular weight excluding hydrogens is 262 g/mol. The van der Waals surface area contributed by atoms with Crippen molar-refractivity contribution in [2.24, 2.45) is 0 Å². The fraction of sp³-hybridized carbons (Fsp3) is 0.462. The lowest BCUT2D eigenvalue weighted by molar-refractivity contribution is -0.147. The molecule has 0 bridgehead atoms. The van der Waals surface area contributed by atoms with Crippen LogP contribution in [0.25, 0.3) is 5.52 Å². The van der Waals surface area contributed by atoms with E-state index in [9.17, 15) is 9.59 Å². The van der Waals surface area contributed by atoms with E-state index in [0.29, 0.717) is 12.1 Å². The van der Waals surface area contributed by atoms with Gasteiger partial charge in [0.05, 0.1) is 17.8 Å². The van der Waals surface area contributed by atoms with Crippen molar-refractivity contribution in [1.29, 1.82) is 0 Å². The lowest BCUT2D eigenvalue weighted by Crippen LogP contribution is -2.32. The van der Waals surface area contributed by atoms with Gasteiger partial charge in [-0.2, -0.15) is 5.10 Å². The van der Waals surface area contributed by atoms with Crippen LogP contribution in [0.15, 0.2) is 29.3 Å². The molecule has 0 unspecified atom stereocenters. The largest absolute Gasteiger partial charge is 0.462 e. The molecule has 7 heteroatoms. The zero-order valence-corrected chi connectivity index (χ0v) is 10.9. The van der Waals surface area contributed by atoms with E-state index in [1.54, 1.807) is 18.3 Å². The molecule has 7 nitrogen and oxygen atoms in total. The highest BCUT2D eigenvalue weighted by atomic mass is 16.6. The first-order valence-electron chi connectivity index (χ1n) is 6.54. The van der Waals surface area contributed by atoms with Gasteiger partial charge in [-0.15, -0.1) is 0 Å². The van der Waals surface area contributed by atoms with E-state index in [4.69, 9.17) is 9.47 Å². The zero-order chi connectivity index (χ0) is 13.9. The minimum atomic E-state index is -0.485. The van der Waals surface area contributed by atoms with Crippen molar-refractivity contribution in [3.63, 3.8) is 0 Å². The number of nitrogens with zero attached hydrogens (tertiary/aromatic N) is 3. The molecule has 0 amide bonds. The summed E-state index contributed by atoms with van der Waals surface area (Å²) in [6.07, 6.45) is 5.05. The van der Waals surface area contributed by atoms with E-state index >= 15 is 0 Å². The van der Waals surface area contributed by atoms with Gasteiger partial charge in [0.25, 0.3) is 0 Å². The molecule has 1 saturated heterocycles. The Labute approximate surface area is 114 Å². The molecule has 3 heterocycles. The molecule has 0 saturated carbocycles. The van der Waals surface area contributed by atoms with Crippen LogP contribution in [0, 0.1) is 0 Å². The number of fused-ring (bicyclic) bond motifs is 1. The first kappa shape index (κ1) is 12.9. The molecule has 106 valence electrons. The number of esters is 1. The monoisotopic (exact) mass is 277 g/mol. The molecule has 0 spiro atoms. The van der Waals surface area contributed by atoms with Crippen molar-refractivity contribution in [3.05, 3.63) is 35.0 Å². The van der Waals surface area contributed by atoms with Crippen molar-refractivity contribution >= 4 is 11.5 Å². The molecule has 0 radical (unpaired) electrons. The molecule has 0 aliphatic carbocycles. The smallest absolute Gasteiger partial charge is 0.349 e. The van der Waals surface area contributed by atoms with E-state index in [0.717, 1.165) is 17.5 Å². The summed E-state index contributed by atoms with van der Waals surface area (Å²) in [5.74, 6) is -0.485. The van der Waals surface area contributed by atoms with E-state index in [1.165, 1.54) is 10.6 Å². The van der Waals surface area contributed by atoms with Crippen molar-refractivity contribution in [2.75, 3.05) is 13.2 Å². The Hall–Kier alpha value is -2.15. The van der Waals surface area contributed by atoms with E-state index in [1.807, 2.05) is 0 Å². The maximum Gasteiger partial charge on any atom is 0.349 e. The van der Waals surface area contributed by atoms with Gasteiger partial charge in [0.1, 0.15) is 13.2 Å². The summed E-state index contributed by atoms with van der Waals surface area (Å²) < 4.78 is 13.0. The van der Waals surface area contributed by atoms with Crippen LogP contribution in [0.5, 0.6) is 0 Å². The number of aromatic nitrogens is 3. The fourth-order valence-electron chi connectivity index (χ4n) is 2.21. The molecular formula is C13H15N3O4.